The van der Waals surface area contributed by atoms with Crippen LogP contribution >= 0.6 is 0 Å². The maximum Gasteiger partial charge on any atom is 0.235 e. The predicted octanol–water partition coefficient (Wildman–Crippen LogP) is 5.03. The van der Waals surface area contributed by atoms with Gasteiger partial charge < -0.3 is 9.15 Å². The van der Waals surface area contributed by atoms with E-state index < -0.39 is 0 Å². The molecule has 0 amide bonds. The molecule has 0 bridgehead atoms. The van der Waals surface area contributed by atoms with Crippen molar-refractivity contribution in [3.8, 4) is 17.1 Å². The third-order valence-corrected chi connectivity index (χ3v) is 4.51. The quantitative estimate of drug-likeness (QED) is 0.462. The van der Waals surface area contributed by atoms with E-state index in [0.717, 1.165) is 5.56 Å². The summed E-state index contributed by atoms with van der Waals surface area (Å²) in [6.07, 6.45) is 0. The standard InChI is InChI=1S/C24H18O4/c1-16-11-13-17(14-12-16)20(25)15-27-24-22(26)19-9-5-6-10-21(19)28-23(24)18-7-3-2-4-8-18/h2-14H,15H2,1H3. The first-order chi connectivity index (χ1) is 13.6. The largest absolute Gasteiger partial charge is 0.478 e. The molecule has 0 N–H and O–H groups in total. The lowest BCUT2D eigenvalue weighted by Crippen LogP contribution is -2.17. The number of aryl methyl sites for hydroxylation is 1. The SMILES string of the molecule is Cc1ccc(C(=O)COc2c(-c3ccccc3)oc3ccccc3c2=O)cc1. The number of para-hydroxylation sites is 1. The van der Waals surface area contributed by atoms with Gasteiger partial charge in [0.05, 0.1) is 5.39 Å². The molecule has 0 aliphatic heterocycles. The molecule has 0 aliphatic carbocycles. The Morgan fingerprint density at radius 1 is 0.893 bits per heavy atom. The van der Waals surface area contributed by atoms with Crippen LogP contribution in [0.1, 0.15) is 15.9 Å². The summed E-state index contributed by atoms with van der Waals surface area (Å²) >= 11 is 0. The number of carbonyl (C=O) groups is 1. The van der Waals surface area contributed by atoms with E-state index in [1.807, 2.05) is 55.5 Å². The second kappa shape index (κ2) is 7.53. The normalized spacial score (nSPS) is 10.8. The van der Waals surface area contributed by atoms with Crippen LogP contribution in [0, 0.1) is 6.92 Å². The molecule has 4 heteroatoms. The molecule has 4 rings (SSSR count). The van der Waals surface area contributed by atoms with E-state index in [4.69, 9.17) is 9.15 Å². The maximum atomic E-state index is 13.0. The number of ether oxygens (including phenoxy) is 1. The highest BCUT2D eigenvalue weighted by molar-refractivity contribution is 5.97. The van der Waals surface area contributed by atoms with Crippen molar-refractivity contribution in [1.29, 1.82) is 0 Å². The Kier molecular flexibility index (Phi) is 4.77. The van der Waals surface area contributed by atoms with Crippen LogP contribution in [0.25, 0.3) is 22.3 Å². The fourth-order valence-corrected chi connectivity index (χ4v) is 3.00. The van der Waals surface area contributed by atoms with Crippen molar-refractivity contribution in [2.24, 2.45) is 0 Å². The molecule has 0 radical (unpaired) electrons. The lowest BCUT2D eigenvalue weighted by Gasteiger charge is -2.11. The van der Waals surface area contributed by atoms with E-state index in [1.165, 1.54) is 0 Å². The van der Waals surface area contributed by atoms with Crippen molar-refractivity contribution < 1.29 is 13.9 Å². The monoisotopic (exact) mass is 370 g/mol. The fraction of sp³-hybridized carbons (Fsp3) is 0.0833. The van der Waals surface area contributed by atoms with Gasteiger partial charge in [0.1, 0.15) is 5.58 Å². The van der Waals surface area contributed by atoms with Crippen LogP contribution in [0.3, 0.4) is 0 Å². The zero-order valence-corrected chi connectivity index (χ0v) is 15.3. The Bertz CT molecular complexity index is 1190. The number of benzene rings is 3. The second-order valence-corrected chi connectivity index (χ2v) is 6.53. The molecule has 138 valence electrons. The van der Waals surface area contributed by atoms with Crippen molar-refractivity contribution in [1.82, 2.24) is 0 Å². The number of fused-ring (bicyclic) bond motifs is 1. The number of hydrogen-bond acceptors (Lipinski definition) is 4. The molecule has 1 aromatic heterocycles. The Labute approximate surface area is 162 Å². The number of Topliss-reactive ketones (excluding diaryl/α,β-unsaturated/α-hetero) is 1. The van der Waals surface area contributed by atoms with E-state index in [9.17, 15) is 9.59 Å². The zero-order chi connectivity index (χ0) is 19.5. The molecule has 3 aromatic carbocycles. The first kappa shape index (κ1) is 17.7. The van der Waals surface area contributed by atoms with Crippen LogP contribution in [0.15, 0.2) is 88.1 Å². The van der Waals surface area contributed by atoms with Crippen LogP contribution in [0.5, 0.6) is 5.75 Å². The first-order valence-corrected chi connectivity index (χ1v) is 8.97. The molecule has 1 heterocycles. The molecule has 0 aliphatic rings. The summed E-state index contributed by atoms with van der Waals surface area (Å²) in [6, 6.07) is 23.5. The molecule has 0 spiro atoms. The maximum absolute atomic E-state index is 13.0. The zero-order valence-electron chi connectivity index (χ0n) is 15.3. The topological polar surface area (TPSA) is 56.5 Å². The highest BCUT2D eigenvalue weighted by Crippen LogP contribution is 2.30. The third kappa shape index (κ3) is 3.45. The minimum Gasteiger partial charge on any atom is -0.478 e. The van der Waals surface area contributed by atoms with Gasteiger partial charge >= 0.3 is 0 Å². The van der Waals surface area contributed by atoms with Gasteiger partial charge in [0.15, 0.2) is 18.2 Å². The molecule has 0 saturated heterocycles. The van der Waals surface area contributed by atoms with Crippen molar-refractivity contribution >= 4 is 16.8 Å². The van der Waals surface area contributed by atoms with E-state index in [0.29, 0.717) is 27.9 Å². The molecular formula is C24H18O4. The van der Waals surface area contributed by atoms with Gasteiger partial charge in [-0.1, -0.05) is 72.3 Å². The van der Waals surface area contributed by atoms with Gasteiger partial charge in [-0.05, 0) is 19.1 Å². The molecule has 4 aromatic rings. The molecule has 0 saturated carbocycles. The van der Waals surface area contributed by atoms with Crippen molar-refractivity contribution in [3.63, 3.8) is 0 Å². The molecular weight excluding hydrogens is 352 g/mol. The van der Waals surface area contributed by atoms with Crippen LogP contribution in [-0.2, 0) is 0 Å². The summed E-state index contributed by atoms with van der Waals surface area (Å²) in [5, 5.41) is 0.417. The predicted molar refractivity (Wildman–Crippen MR) is 109 cm³/mol. The van der Waals surface area contributed by atoms with Crippen molar-refractivity contribution in [2.45, 2.75) is 6.92 Å². The number of hydrogen-bond donors (Lipinski definition) is 0. The number of rotatable bonds is 5. The first-order valence-electron chi connectivity index (χ1n) is 8.97. The van der Waals surface area contributed by atoms with Crippen LogP contribution in [0.4, 0.5) is 0 Å². The number of ketones is 1. The Balaban J connectivity index is 1.74. The lowest BCUT2D eigenvalue weighted by molar-refractivity contribution is 0.0920. The second-order valence-electron chi connectivity index (χ2n) is 6.53. The fourth-order valence-electron chi connectivity index (χ4n) is 3.00. The summed E-state index contributed by atoms with van der Waals surface area (Å²) < 4.78 is 11.7. The average Bonchev–Trinajstić information content (AvgIpc) is 2.74. The van der Waals surface area contributed by atoms with Crippen LogP contribution in [0.2, 0.25) is 0 Å². The van der Waals surface area contributed by atoms with Gasteiger partial charge in [-0.2, -0.15) is 0 Å². The van der Waals surface area contributed by atoms with Gasteiger partial charge in [-0.25, -0.2) is 0 Å². The summed E-state index contributed by atoms with van der Waals surface area (Å²) in [6.45, 7) is 1.71. The van der Waals surface area contributed by atoms with Gasteiger partial charge in [0.2, 0.25) is 11.2 Å². The minimum absolute atomic E-state index is 0.0466. The number of carbonyl (C=O) groups excluding carboxylic acids is 1. The van der Waals surface area contributed by atoms with E-state index in [2.05, 4.69) is 0 Å². The smallest absolute Gasteiger partial charge is 0.235 e. The Morgan fingerprint density at radius 2 is 1.57 bits per heavy atom. The van der Waals surface area contributed by atoms with Crippen molar-refractivity contribution in [2.75, 3.05) is 6.61 Å². The molecule has 0 atom stereocenters. The summed E-state index contributed by atoms with van der Waals surface area (Å²) in [5.74, 6) is 0.165. The van der Waals surface area contributed by atoms with Crippen LogP contribution in [-0.4, -0.2) is 12.4 Å². The average molecular weight is 370 g/mol. The molecule has 28 heavy (non-hydrogen) atoms. The van der Waals surface area contributed by atoms with E-state index >= 15 is 0 Å². The van der Waals surface area contributed by atoms with E-state index in [-0.39, 0.29) is 23.6 Å². The Hall–Kier alpha value is -3.66. The van der Waals surface area contributed by atoms with Gasteiger partial charge in [-0.15, -0.1) is 0 Å². The highest BCUT2D eigenvalue weighted by atomic mass is 16.5. The van der Waals surface area contributed by atoms with Gasteiger partial charge in [0.25, 0.3) is 0 Å². The summed E-state index contributed by atoms with van der Waals surface area (Å²) in [5.41, 5.74) is 2.50. The third-order valence-electron chi connectivity index (χ3n) is 4.51. The van der Waals surface area contributed by atoms with Crippen molar-refractivity contribution in [3.05, 3.63) is 100 Å². The summed E-state index contributed by atoms with van der Waals surface area (Å²) in [7, 11) is 0. The lowest BCUT2D eigenvalue weighted by atomic mass is 10.1. The molecule has 0 fully saturated rings. The molecule has 0 unspecified atom stereocenters. The minimum atomic E-state index is -0.294. The highest BCUT2D eigenvalue weighted by Gasteiger charge is 2.19. The molecule has 4 nitrogen and oxygen atoms in total. The van der Waals surface area contributed by atoms with Gasteiger partial charge in [0, 0.05) is 11.1 Å². The summed E-state index contributed by atoms with van der Waals surface area (Å²) in [4.78, 5) is 25.5. The Morgan fingerprint density at radius 3 is 2.32 bits per heavy atom. The van der Waals surface area contributed by atoms with Gasteiger partial charge in [-0.3, -0.25) is 9.59 Å². The van der Waals surface area contributed by atoms with Crippen LogP contribution < -0.4 is 10.2 Å². The van der Waals surface area contributed by atoms with E-state index in [1.54, 1.807) is 30.3 Å².